The third kappa shape index (κ3) is 2.82. The van der Waals surface area contributed by atoms with Gasteiger partial charge in [0.15, 0.2) is 0 Å². The van der Waals surface area contributed by atoms with E-state index in [0.29, 0.717) is 11.8 Å². The lowest BCUT2D eigenvalue weighted by atomic mass is 10.1. The van der Waals surface area contributed by atoms with Gasteiger partial charge < -0.3 is 9.64 Å². The number of aryl methyl sites for hydroxylation is 1. The van der Waals surface area contributed by atoms with E-state index in [0.717, 1.165) is 49.8 Å². The second kappa shape index (κ2) is 6.32. The Bertz CT molecular complexity index is 952. The molecule has 0 radical (unpaired) electrons. The van der Waals surface area contributed by atoms with Crippen LogP contribution in [0, 0.1) is 6.92 Å². The molecule has 1 saturated heterocycles. The molecule has 0 N–H and O–H groups in total. The number of anilines is 1. The average Bonchev–Trinajstić information content (AvgIpc) is 3.49. The van der Waals surface area contributed by atoms with Crippen molar-refractivity contribution in [2.75, 3.05) is 31.2 Å². The Balaban J connectivity index is 1.52. The van der Waals surface area contributed by atoms with Gasteiger partial charge in [-0.1, -0.05) is 18.2 Å². The van der Waals surface area contributed by atoms with Crippen LogP contribution in [-0.4, -0.2) is 41.3 Å². The molecule has 3 aromatic rings. The topological polar surface area (TPSA) is 51.1 Å². The van der Waals surface area contributed by atoms with Crippen LogP contribution in [0.1, 0.15) is 35.5 Å². The van der Waals surface area contributed by atoms with E-state index in [4.69, 9.17) is 9.72 Å². The summed E-state index contributed by atoms with van der Waals surface area (Å²) in [6, 6.07) is 12.7. The standard InChI is InChI=1S/C21H22N4O/c1-14-6-7-22-21(23-14)17-12-16(17)19-13-20(25-8-10-26-11-9-25)15-4-2-3-5-18(15)24-19/h2-7,13,16-17H,8-12H2,1H3/t16-,17-/m1/s1. The molecular weight excluding hydrogens is 324 g/mol. The fourth-order valence-corrected chi connectivity index (χ4v) is 3.89. The van der Waals surface area contributed by atoms with Crippen LogP contribution in [0.15, 0.2) is 42.6 Å². The molecule has 0 unspecified atom stereocenters. The zero-order valence-electron chi connectivity index (χ0n) is 14.9. The molecule has 1 saturated carbocycles. The highest BCUT2D eigenvalue weighted by Gasteiger charge is 2.43. The van der Waals surface area contributed by atoms with Crippen molar-refractivity contribution < 1.29 is 4.74 Å². The van der Waals surface area contributed by atoms with Crippen molar-refractivity contribution in [2.24, 2.45) is 0 Å². The Morgan fingerprint density at radius 1 is 1.04 bits per heavy atom. The number of aromatic nitrogens is 3. The van der Waals surface area contributed by atoms with Gasteiger partial charge in [0.1, 0.15) is 5.82 Å². The summed E-state index contributed by atoms with van der Waals surface area (Å²) < 4.78 is 5.54. The summed E-state index contributed by atoms with van der Waals surface area (Å²) in [4.78, 5) is 16.5. The summed E-state index contributed by atoms with van der Waals surface area (Å²) in [6.45, 7) is 5.46. The Morgan fingerprint density at radius 2 is 1.88 bits per heavy atom. The maximum absolute atomic E-state index is 5.54. The third-order valence-corrected chi connectivity index (χ3v) is 5.38. The van der Waals surface area contributed by atoms with E-state index in [-0.39, 0.29) is 0 Å². The van der Waals surface area contributed by atoms with Gasteiger partial charge in [-0.25, -0.2) is 9.97 Å². The number of morpholine rings is 1. The molecule has 0 bridgehead atoms. The first-order valence-electron chi connectivity index (χ1n) is 9.31. The van der Waals surface area contributed by atoms with E-state index in [1.54, 1.807) is 0 Å². The quantitative estimate of drug-likeness (QED) is 0.727. The zero-order chi connectivity index (χ0) is 17.5. The van der Waals surface area contributed by atoms with Crippen LogP contribution in [0.25, 0.3) is 10.9 Å². The van der Waals surface area contributed by atoms with Crippen LogP contribution in [0.3, 0.4) is 0 Å². The van der Waals surface area contributed by atoms with Gasteiger partial charge in [-0.3, -0.25) is 4.98 Å². The number of pyridine rings is 1. The smallest absolute Gasteiger partial charge is 0.132 e. The highest BCUT2D eigenvalue weighted by Crippen LogP contribution is 2.53. The van der Waals surface area contributed by atoms with Crippen LogP contribution in [0.5, 0.6) is 0 Å². The first kappa shape index (κ1) is 15.7. The monoisotopic (exact) mass is 346 g/mol. The van der Waals surface area contributed by atoms with E-state index >= 15 is 0 Å². The molecule has 5 rings (SSSR count). The van der Waals surface area contributed by atoms with Crippen molar-refractivity contribution in [3.05, 3.63) is 59.8 Å². The number of rotatable bonds is 3. The molecule has 2 fully saturated rings. The number of benzene rings is 1. The van der Waals surface area contributed by atoms with Crippen LogP contribution in [0.2, 0.25) is 0 Å². The second-order valence-electron chi connectivity index (χ2n) is 7.19. The van der Waals surface area contributed by atoms with Gasteiger partial charge in [0.05, 0.1) is 18.7 Å². The fourth-order valence-electron chi connectivity index (χ4n) is 3.89. The molecule has 0 spiro atoms. The van der Waals surface area contributed by atoms with Crippen molar-refractivity contribution in [1.29, 1.82) is 0 Å². The van der Waals surface area contributed by atoms with Gasteiger partial charge in [0, 0.05) is 53.6 Å². The highest BCUT2D eigenvalue weighted by atomic mass is 16.5. The molecule has 2 aromatic heterocycles. The molecule has 3 heterocycles. The van der Waals surface area contributed by atoms with Crippen LogP contribution in [-0.2, 0) is 4.74 Å². The molecule has 2 atom stereocenters. The Hall–Kier alpha value is -2.53. The van der Waals surface area contributed by atoms with Gasteiger partial charge in [-0.2, -0.15) is 0 Å². The normalized spacial score (nSPS) is 22.6. The van der Waals surface area contributed by atoms with E-state index < -0.39 is 0 Å². The molecule has 26 heavy (non-hydrogen) atoms. The number of para-hydroxylation sites is 1. The van der Waals surface area contributed by atoms with Gasteiger partial charge in [0.25, 0.3) is 0 Å². The summed E-state index contributed by atoms with van der Waals surface area (Å²) in [5, 5.41) is 1.22. The average molecular weight is 346 g/mol. The maximum Gasteiger partial charge on any atom is 0.132 e. The van der Waals surface area contributed by atoms with Gasteiger partial charge in [0.2, 0.25) is 0 Å². The first-order valence-corrected chi connectivity index (χ1v) is 9.31. The zero-order valence-corrected chi connectivity index (χ0v) is 14.9. The summed E-state index contributed by atoms with van der Waals surface area (Å²) in [5.74, 6) is 1.76. The Labute approximate surface area is 153 Å². The van der Waals surface area contributed by atoms with Gasteiger partial charge >= 0.3 is 0 Å². The van der Waals surface area contributed by atoms with E-state index in [9.17, 15) is 0 Å². The van der Waals surface area contributed by atoms with Crippen LogP contribution >= 0.6 is 0 Å². The molecule has 1 aromatic carbocycles. The van der Waals surface area contributed by atoms with Crippen LogP contribution < -0.4 is 4.90 Å². The molecule has 132 valence electrons. The summed E-state index contributed by atoms with van der Waals surface area (Å²) in [7, 11) is 0. The van der Waals surface area contributed by atoms with E-state index in [2.05, 4.69) is 45.2 Å². The SMILES string of the molecule is Cc1ccnc([C@@H]2C[C@H]2c2cc(N3CCOCC3)c3ccccc3n2)n1. The number of hydrogen-bond donors (Lipinski definition) is 0. The van der Waals surface area contributed by atoms with Gasteiger partial charge in [-0.15, -0.1) is 0 Å². The minimum atomic E-state index is 0.390. The predicted octanol–water partition coefficient (Wildman–Crippen LogP) is 3.44. The molecule has 5 heteroatoms. The highest BCUT2D eigenvalue weighted by molar-refractivity contribution is 5.92. The van der Waals surface area contributed by atoms with Crippen molar-refractivity contribution in [2.45, 2.75) is 25.2 Å². The lowest BCUT2D eigenvalue weighted by Gasteiger charge is -2.30. The minimum Gasteiger partial charge on any atom is -0.378 e. The Morgan fingerprint density at radius 3 is 2.73 bits per heavy atom. The number of hydrogen-bond acceptors (Lipinski definition) is 5. The number of nitrogens with zero attached hydrogens (tertiary/aromatic N) is 4. The second-order valence-corrected chi connectivity index (χ2v) is 7.19. The lowest BCUT2D eigenvalue weighted by Crippen LogP contribution is -2.36. The predicted molar refractivity (Wildman–Crippen MR) is 102 cm³/mol. The summed E-state index contributed by atoms with van der Waals surface area (Å²) in [5.41, 5.74) is 4.55. The molecule has 2 aliphatic rings. The minimum absolute atomic E-state index is 0.390. The van der Waals surface area contributed by atoms with Crippen molar-refractivity contribution in [1.82, 2.24) is 15.0 Å². The van der Waals surface area contributed by atoms with Crippen molar-refractivity contribution in [3.8, 4) is 0 Å². The summed E-state index contributed by atoms with van der Waals surface area (Å²) in [6.07, 6.45) is 2.94. The van der Waals surface area contributed by atoms with Crippen molar-refractivity contribution in [3.63, 3.8) is 0 Å². The fraction of sp³-hybridized carbons (Fsp3) is 0.381. The first-order chi connectivity index (χ1) is 12.8. The molecular formula is C21H22N4O. The third-order valence-electron chi connectivity index (χ3n) is 5.38. The van der Waals surface area contributed by atoms with Crippen LogP contribution in [0.4, 0.5) is 5.69 Å². The molecule has 0 amide bonds. The van der Waals surface area contributed by atoms with Crippen molar-refractivity contribution >= 4 is 16.6 Å². The number of fused-ring (bicyclic) bond motifs is 1. The van der Waals surface area contributed by atoms with E-state index in [1.807, 2.05) is 19.2 Å². The maximum atomic E-state index is 5.54. The summed E-state index contributed by atoms with van der Waals surface area (Å²) >= 11 is 0. The lowest BCUT2D eigenvalue weighted by molar-refractivity contribution is 0.123. The largest absolute Gasteiger partial charge is 0.378 e. The molecule has 5 nitrogen and oxygen atoms in total. The Kier molecular flexibility index (Phi) is 3.82. The number of ether oxygens (including phenoxy) is 1. The van der Waals surface area contributed by atoms with E-state index in [1.165, 1.54) is 16.8 Å². The molecule has 1 aliphatic carbocycles. The molecule has 1 aliphatic heterocycles. The van der Waals surface area contributed by atoms with Gasteiger partial charge in [-0.05, 0) is 31.5 Å².